The fourth-order valence-electron chi connectivity index (χ4n) is 5.92. The van der Waals surface area contributed by atoms with Crippen molar-refractivity contribution in [3.05, 3.63) is 24.3 Å². The molecule has 0 amide bonds. The van der Waals surface area contributed by atoms with Crippen molar-refractivity contribution in [2.24, 2.45) is 0 Å². The number of carboxylic acids is 2. The second kappa shape index (κ2) is 45.6. The van der Waals surface area contributed by atoms with Gasteiger partial charge >= 0.3 is 61.6 Å². The number of carbonyl (C=O) groups is 6. The molecular formula is C48H82CaO12. The molecular weight excluding hydrogens is 809 g/mol. The molecule has 0 aromatic rings. The molecule has 0 aliphatic heterocycles. The van der Waals surface area contributed by atoms with Crippen molar-refractivity contribution >= 4 is 73.6 Å². The Morgan fingerprint density at radius 2 is 0.623 bits per heavy atom. The maximum absolute atomic E-state index is 11.7. The Balaban J connectivity index is -0.00000109. The third-order valence-corrected chi connectivity index (χ3v) is 9.82. The van der Waals surface area contributed by atoms with Gasteiger partial charge in [0.1, 0.15) is 12.2 Å². The van der Waals surface area contributed by atoms with E-state index < -0.39 is 60.2 Å². The van der Waals surface area contributed by atoms with Crippen molar-refractivity contribution in [3.8, 4) is 0 Å². The maximum atomic E-state index is 11.7. The Bertz CT molecular complexity index is 1100. The van der Waals surface area contributed by atoms with E-state index in [0.29, 0.717) is 12.8 Å². The van der Waals surface area contributed by atoms with Crippen LogP contribution < -0.4 is 10.2 Å². The summed E-state index contributed by atoms with van der Waals surface area (Å²) >= 11 is 0. The summed E-state index contributed by atoms with van der Waals surface area (Å²) in [7, 11) is 0. The van der Waals surface area contributed by atoms with E-state index in [1.165, 1.54) is 118 Å². The van der Waals surface area contributed by atoms with Gasteiger partial charge in [0, 0.05) is 12.8 Å². The van der Waals surface area contributed by atoms with E-state index in [-0.39, 0.29) is 50.6 Å². The van der Waals surface area contributed by atoms with Gasteiger partial charge in [-0.05, 0) is 91.9 Å². The minimum atomic E-state index is -1.49. The summed E-state index contributed by atoms with van der Waals surface area (Å²) in [4.78, 5) is 67.8. The van der Waals surface area contributed by atoms with E-state index in [1.54, 1.807) is 0 Å². The predicted octanol–water partition coefficient (Wildman–Crippen LogP) is 8.89. The van der Waals surface area contributed by atoms with Gasteiger partial charge < -0.3 is 38.7 Å². The first-order valence-electron chi connectivity index (χ1n) is 23.3. The number of hydrogen-bond donors (Lipinski definition) is 0. The molecule has 348 valence electrons. The third kappa shape index (κ3) is 44.0. The van der Waals surface area contributed by atoms with Gasteiger partial charge in [-0.25, -0.2) is 9.59 Å². The van der Waals surface area contributed by atoms with Gasteiger partial charge in [-0.2, -0.15) is 0 Å². The molecule has 4 unspecified atom stereocenters. The zero-order valence-electron chi connectivity index (χ0n) is 39.0. The molecule has 0 spiro atoms. The van der Waals surface area contributed by atoms with E-state index in [4.69, 9.17) is 9.47 Å². The summed E-state index contributed by atoms with van der Waals surface area (Å²) in [5.41, 5.74) is 0. The Hall–Kier alpha value is -2.44. The second-order valence-electron chi connectivity index (χ2n) is 15.7. The Morgan fingerprint density at radius 1 is 0.377 bits per heavy atom. The number of ether oxygens (including phenoxy) is 4. The monoisotopic (exact) mass is 891 g/mol. The zero-order valence-corrected chi connectivity index (χ0v) is 41.2. The summed E-state index contributed by atoms with van der Waals surface area (Å²) < 4.78 is 19.2. The molecule has 61 heavy (non-hydrogen) atoms. The van der Waals surface area contributed by atoms with Gasteiger partial charge in [0.2, 0.25) is 0 Å². The fraction of sp³-hybridized carbons (Fsp3) is 0.792. The second-order valence-corrected chi connectivity index (χ2v) is 15.7. The van der Waals surface area contributed by atoms with Gasteiger partial charge in [-0.1, -0.05) is 141 Å². The van der Waals surface area contributed by atoms with Crippen LogP contribution in [0.2, 0.25) is 0 Å². The van der Waals surface area contributed by atoms with Crippen molar-refractivity contribution in [1.82, 2.24) is 0 Å². The van der Waals surface area contributed by atoms with Crippen LogP contribution >= 0.6 is 0 Å². The standard InChI is InChI=1S/2C24H42O6.Ca/c2*1-4-5-6-7-8-9-10-11-12-13-14-15-16-17-18-19-22(25)29-21(3)24(28)30-20(2)23(26)27;/h2*11-12,20-21H,4-10,13-19H2,1-3H3,(H,26,27);/q;;+2/p-2/b2*12-11+;. The van der Waals surface area contributed by atoms with Gasteiger partial charge in [0.25, 0.3) is 0 Å². The molecule has 0 heterocycles. The first-order chi connectivity index (χ1) is 28.8. The fourth-order valence-corrected chi connectivity index (χ4v) is 5.92. The molecule has 0 aromatic carbocycles. The van der Waals surface area contributed by atoms with Crippen LogP contribution in [0.4, 0.5) is 0 Å². The first kappa shape index (κ1) is 62.9. The molecule has 0 N–H and O–H groups in total. The SMILES string of the molecule is CCCCCCCC/C=C/CCCCCCCC(=O)OC(C)C(=O)OC(C)C(=O)[O-].CCCCCCCC/C=C/CCCCCCCC(=O)OC(C)C(=O)OC(C)C(=O)[O-].[Ca+2]. The van der Waals surface area contributed by atoms with Gasteiger partial charge in [-0.3, -0.25) is 9.59 Å². The van der Waals surface area contributed by atoms with E-state index in [1.807, 2.05) is 0 Å². The minimum absolute atomic E-state index is 0. The number of allylic oxidation sites excluding steroid dienone is 4. The molecule has 4 atom stereocenters. The van der Waals surface area contributed by atoms with Crippen LogP contribution in [0.25, 0.3) is 0 Å². The van der Waals surface area contributed by atoms with Crippen molar-refractivity contribution in [2.45, 2.75) is 246 Å². The number of carboxylic acid groups (broad SMARTS) is 2. The van der Waals surface area contributed by atoms with Gasteiger partial charge in [0.15, 0.2) is 12.2 Å². The Labute approximate surface area is 399 Å². The van der Waals surface area contributed by atoms with E-state index in [2.05, 4.69) is 47.6 Å². The van der Waals surface area contributed by atoms with Crippen LogP contribution in [-0.4, -0.2) is 98.0 Å². The van der Waals surface area contributed by atoms with Gasteiger partial charge in [-0.15, -0.1) is 0 Å². The van der Waals surface area contributed by atoms with Crippen LogP contribution in [0.3, 0.4) is 0 Å². The number of unbranched alkanes of at least 4 members (excludes halogenated alkanes) is 22. The number of hydrogen-bond acceptors (Lipinski definition) is 12. The van der Waals surface area contributed by atoms with Crippen LogP contribution in [0.5, 0.6) is 0 Å². The molecule has 12 nitrogen and oxygen atoms in total. The number of carbonyl (C=O) groups excluding carboxylic acids is 6. The smallest absolute Gasteiger partial charge is 0.546 e. The molecule has 0 saturated carbocycles. The molecule has 0 aliphatic rings. The molecule has 13 heteroatoms. The topological polar surface area (TPSA) is 185 Å². The Kier molecular flexibility index (Phi) is 47.0. The van der Waals surface area contributed by atoms with Crippen molar-refractivity contribution in [3.63, 3.8) is 0 Å². The molecule has 0 radical (unpaired) electrons. The molecule has 0 saturated heterocycles. The largest absolute Gasteiger partial charge is 2.00 e. The van der Waals surface area contributed by atoms with E-state index >= 15 is 0 Å². The number of aliphatic carboxylic acids is 2. The van der Waals surface area contributed by atoms with Crippen molar-refractivity contribution in [2.75, 3.05) is 0 Å². The number of esters is 4. The van der Waals surface area contributed by atoms with Gasteiger partial charge in [0.05, 0.1) is 11.9 Å². The van der Waals surface area contributed by atoms with Crippen LogP contribution in [0, 0.1) is 0 Å². The predicted molar refractivity (Wildman–Crippen MR) is 237 cm³/mol. The molecule has 0 fully saturated rings. The molecule has 0 aromatic heterocycles. The summed E-state index contributed by atoms with van der Waals surface area (Å²) in [6.45, 7) is 9.58. The molecule has 0 bridgehead atoms. The average molecular weight is 891 g/mol. The average Bonchev–Trinajstić information content (AvgIpc) is 3.20. The van der Waals surface area contributed by atoms with Crippen LogP contribution in [0.1, 0.15) is 221 Å². The van der Waals surface area contributed by atoms with Crippen molar-refractivity contribution in [1.29, 1.82) is 0 Å². The van der Waals surface area contributed by atoms with Crippen LogP contribution in [-0.2, 0) is 47.7 Å². The molecule has 0 rings (SSSR count). The van der Waals surface area contributed by atoms with E-state index in [0.717, 1.165) is 64.2 Å². The minimum Gasteiger partial charge on any atom is -0.546 e. The van der Waals surface area contributed by atoms with Crippen molar-refractivity contribution < 1.29 is 57.9 Å². The summed E-state index contributed by atoms with van der Waals surface area (Å²) in [5.74, 6) is -5.70. The molecule has 0 aliphatic carbocycles. The third-order valence-electron chi connectivity index (χ3n) is 9.82. The maximum Gasteiger partial charge on any atom is 2.00 e. The summed E-state index contributed by atoms with van der Waals surface area (Å²) in [5, 5.41) is 21.1. The summed E-state index contributed by atoms with van der Waals surface area (Å²) in [6.07, 6.45) is 35.4. The zero-order chi connectivity index (χ0) is 45.2. The quantitative estimate of drug-likeness (QED) is 0.0189. The van der Waals surface area contributed by atoms with E-state index in [9.17, 15) is 39.0 Å². The number of rotatable bonds is 38. The normalized spacial score (nSPS) is 13.0. The Morgan fingerprint density at radius 3 is 0.885 bits per heavy atom. The first-order valence-corrected chi connectivity index (χ1v) is 23.3. The summed E-state index contributed by atoms with van der Waals surface area (Å²) in [6, 6.07) is 0. The van der Waals surface area contributed by atoms with Crippen LogP contribution in [0.15, 0.2) is 24.3 Å².